The van der Waals surface area contributed by atoms with Crippen molar-refractivity contribution in [2.45, 2.75) is 51.4 Å². The van der Waals surface area contributed by atoms with Crippen LogP contribution in [0.15, 0.2) is 30.5 Å². The summed E-state index contributed by atoms with van der Waals surface area (Å²) in [5.41, 5.74) is 1.08. The molecule has 5 heteroatoms. The molecule has 0 saturated heterocycles. The molecular formula is C19H23ClN2OS. The number of rotatable bonds is 6. The molecule has 3 nitrogen and oxygen atoms in total. The van der Waals surface area contributed by atoms with Gasteiger partial charge in [-0.05, 0) is 24.0 Å². The predicted octanol–water partition coefficient (Wildman–Crippen LogP) is 5.69. The largest absolute Gasteiger partial charge is 0.302 e. The number of anilines is 1. The van der Waals surface area contributed by atoms with E-state index in [0.717, 1.165) is 34.2 Å². The van der Waals surface area contributed by atoms with Crippen molar-refractivity contribution in [3.05, 3.63) is 45.9 Å². The van der Waals surface area contributed by atoms with Gasteiger partial charge in [-0.3, -0.25) is 4.79 Å². The van der Waals surface area contributed by atoms with Gasteiger partial charge in [0, 0.05) is 28.9 Å². The van der Waals surface area contributed by atoms with Crippen LogP contribution in [0.1, 0.15) is 55.4 Å². The van der Waals surface area contributed by atoms with Gasteiger partial charge < -0.3 is 5.32 Å². The zero-order valence-corrected chi connectivity index (χ0v) is 15.3. The molecule has 1 aromatic carbocycles. The maximum Gasteiger partial charge on any atom is 0.226 e. The summed E-state index contributed by atoms with van der Waals surface area (Å²) in [5.74, 6) is 0.816. The summed E-state index contributed by atoms with van der Waals surface area (Å²) in [6, 6.07) is 7.82. The van der Waals surface area contributed by atoms with E-state index < -0.39 is 0 Å². The Morgan fingerprint density at radius 2 is 2.04 bits per heavy atom. The van der Waals surface area contributed by atoms with Crippen LogP contribution in [0.3, 0.4) is 0 Å². The number of halogens is 1. The average Bonchev–Trinajstić information content (AvgIpc) is 3.03. The van der Waals surface area contributed by atoms with E-state index in [1.54, 1.807) is 0 Å². The van der Waals surface area contributed by atoms with Crippen LogP contribution in [0.25, 0.3) is 0 Å². The molecule has 0 unspecified atom stereocenters. The van der Waals surface area contributed by atoms with Crippen molar-refractivity contribution in [3.63, 3.8) is 0 Å². The topological polar surface area (TPSA) is 42.0 Å². The van der Waals surface area contributed by atoms with Crippen LogP contribution in [-0.2, 0) is 11.2 Å². The molecule has 128 valence electrons. The van der Waals surface area contributed by atoms with Gasteiger partial charge in [0.1, 0.15) is 0 Å². The average molecular weight is 363 g/mol. The minimum atomic E-state index is 0.0826. The molecule has 0 radical (unpaired) electrons. The second kappa shape index (κ2) is 8.63. The highest BCUT2D eigenvalue weighted by atomic mass is 35.5. The summed E-state index contributed by atoms with van der Waals surface area (Å²) in [6.07, 6.45) is 10.7. The molecule has 0 atom stereocenters. The van der Waals surface area contributed by atoms with Crippen molar-refractivity contribution in [2.75, 3.05) is 5.32 Å². The highest BCUT2D eigenvalue weighted by Crippen LogP contribution is 2.28. The van der Waals surface area contributed by atoms with Gasteiger partial charge >= 0.3 is 0 Å². The highest BCUT2D eigenvalue weighted by Gasteiger charge is 2.15. The van der Waals surface area contributed by atoms with Crippen LogP contribution in [0.4, 0.5) is 5.13 Å². The number of nitrogens with zero attached hydrogens (tertiary/aromatic N) is 1. The van der Waals surface area contributed by atoms with E-state index in [1.165, 1.54) is 43.4 Å². The summed E-state index contributed by atoms with van der Waals surface area (Å²) >= 11 is 7.72. The number of carbonyl (C=O) groups excluding carboxylic acids is 1. The molecule has 1 saturated carbocycles. The lowest BCUT2D eigenvalue weighted by atomic mass is 9.86. The number of nitrogens with one attached hydrogen (secondary N) is 1. The van der Waals surface area contributed by atoms with Gasteiger partial charge in [0.25, 0.3) is 0 Å². The molecule has 1 heterocycles. The number of benzene rings is 1. The van der Waals surface area contributed by atoms with Gasteiger partial charge in [-0.2, -0.15) is 0 Å². The Morgan fingerprint density at radius 3 is 2.83 bits per heavy atom. The van der Waals surface area contributed by atoms with E-state index in [2.05, 4.69) is 10.3 Å². The summed E-state index contributed by atoms with van der Waals surface area (Å²) in [4.78, 5) is 17.5. The number of aromatic nitrogens is 1. The van der Waals surface area contributed by atoms with Gasteiger partial charge in [-0.25, -0.2) is 4.98 Å². The van der Waals surface area contributed by atoms with Crippen molar-refractivity contribution in [3.8, 4) is 0 Å². The summed E-state index contributed by atoms with van der Waals surface area (Å²) in [5, 5.41) is 4.39. The maximum absolute atomic E-state index is 12.1. The Kier molecular flexibility index (Phi) is 6.27. The molecule has 0 aliphatic heterocycles. The fraction of sp³-hybridized carbons (Fsp3) is 0.474. The highest BCUT2D eigenvalue weighted by molar-refractivity contribution is 7.15. The molecule has 1 fully saturated rings. The van der Waals surface area contributed by atoms with Crippen LogP contribution < -0.4 is 5.32 Å². The molecular weight excluding hydrogens is 340 g/mol. The third-order valence-electron chi connectivity index (χ3n) is 4.63. The van der Waals surface area contributed by atoms with E-state index in [0.29, 0.717) is 11.6 Å². The molecule has 0 spiro atoms. The predicted molar refractivity (Wildman–Crippen MR) is 101 cm³/mol. The fourth-order valence-corrected chi connectivity index (χ4v) is 4.32. The lowest BCUT2D eigenvalue weighted by Crippen LogP contribution is -2.14. The third-order valence-corrected chi connectivity index (χ3v) is 5.91. The van der Waals surface area contributed by atoms with Gasteiger partial charge in [-0.15, -0.1) is 11.3 Å². The monoisotopic (exact) mass is 362 g/mol. The molecule has 3 rings (SSSR count). The Morgan fingerprint density at radius 1 is 1.25 bits per heavy atom. The Labute approximate surface area is 152 Å². The number of amides is 1. The molecule has 1 N–H and O–H groups in total. The lowest BCUT2D eigenvalue weighted by molar-refractivity contribution is -0.116. The first kappa shape index (κ1) is 17.4. The van der Waals surface area contributed by atoms with E-state index in [1.807, 2.05) is 30.5 Å². The van der Waals surface area contributed by atoms with E-state index in [9.17, 15) is 4.79 Å². The number of hydrogen-bond donors (Lipinski definition) is 1. The zero-order valence-electron chi connectivity index (χ0n) is 13.8. The SMILES string of the molecule is O=C(CCC1CCCCC1)Nc1ncc(Cc2ccccc2Cl)s1. The number of carbonyl (C=O) groups is 1. The number of hydrogen-bond acceptors (Lipinski definition) is 3. The lowest BCUT2D eigenvalue weighted by Gasteiger charge is -2.20. The second-order valence-electron chi connectivity index (χ2n) is 6.49. The van der Waals surface area contributed by atoms with Gasteiger partial charge in [0.05, 0.1) is 0 Å². The first-order valence-electron chi connectivity index (χ1n) is 8.68. The minimum absolute atomic E-state index is 0.0826. The first-order chi connectivity index (χ1) is 11.7. The number of thiazole rings is 1. The molecule has 0 bridgehead atoms. The van der Waals surface area contributed by atoms with Crippen molar-refractivity contribution < 1.29 is 4.79 Å². The van der Waals surface area contributed by atoms with Crippen LogP contribution in [-0.4, -0.2) is 10.9 Å². The van der Waals surface area contributed by atoms with E-state index in [4.69, 9.17) is 11.6 Å². The Bertz CT molecular complexity index is 680. The van der Waals surface area contributed by atoms with Crippen molar-refractivity contribution in [2.24, 2.45) is 5.92 Å². The van der Waals surface area contributed by atoms with E-state index in [-0.39, 0.29) is 5.91 Å². The van der Waals surface area contributed by atoms with Gasteiger partial charge in [0.15, 0.2) is 5.13 Å². The molecule has 1 aliphatic carbocycles. The maximum atomic E-state index is 12.1. The van der Waals surface area contributed by atoms with Crippen molar-refractivity contribution in [1.82, 2.24) is 4.98 Å². The quantitative estimate of drug-likeness (QED) is 0.717. The normalized spacial score (nSPS) is 15.4. The van der Waals surface area contributed by atoms with Gasteiger partial charge in [0.2, 0.25) is 5.91 Å². The van der Waals surface area contributed by atoms with E-state index >= 15 is 0 Å². The van der Waals surface area contributed by atoms with Crippen LogP contribution >= 0.6 is 22.9 Å². The smallest absolute Gasteiger partial charge is 0.226 e. The second-order valence-corrected chi connectivity index (χ2v) is 8.01. The van der Waals surface area contributed by atoms with Crippen LogP contribution in [0, 0.1) is 5.92 Å². The molecule has 1 amide bonds. The summed E-state index contributed by atoms with van der Waals surface area (Å²) in [6.45, 7) is 0. The molecule has 24 heavy (non-hydrogen) atoms. The Balaban J connectivity index is 1.48. The van der Waals surface area contributed by atoms with Crippen LogP contribution in [0.5, 0.6) is 0 Å². The van der Waals surface area contributed by atoms with Crippen molar-refractivity contribution >= 4 is 34.0 Å². The molecule has 2 aromatic rings. The zero-order chi connectivity index (χ0) is 16.8. The van der Waals surface area contributed by atoms with Gasteiger partial charge in [-0.1, -0.05) is 61.9 Å². The minimum Gasteiger partial charge on any atom is -0.302 e. The first-order valence-corrected chi connectivity index (χ1v) is 9.88. The fourth-order valence-electron chi connectivity index (χ4n) is 3.27. The third kappa shape index (κ3) is 5.05. The molecule has 1 aromatic heterocycles. The summed E-state index contributed by atoms with van der Waals surface area (Å²) in [7, 11) is 0. The Hall–Kier alpha value is -1.39. The van der Waals surface area contributed by atoms with Crippen LogP contribution in [0.2, 0.25) is 5.02 Å². The molecule has 1 aliphatic rings. The van der Waals surface area contributed by atoms with Crippen molar-refractivity contribution in [1.29, 1.82) is 0 Å². The summed E-state index contributed by atoms with van der Waals surface area (Å²) < 4.78 is 0. The standard InChI is InChI=1S/C19H23ClN2OS/c20-17-9-5-4-8-15(17)12-16-13-21-19(24-16)22-18(23)11-10-14-6-2-1-3-7-14/h4-5,8-9,13-14H,1-3,6-7,10-12H2,(H,21,22,23).